The van der Waals surface area contributed by atoms with Gasteiger partial charge in [-0.05, 0) is 6.42 Å². The van der Waals surface area contributed by atoms with Crippen LogP contribution in [-0.4, -0.2) is 57.4 Å². The first-order valence-corrected chi connectivity index (χ1v) is 7.03. The average Bonchev–Trinajstić information content (AvgIpc) is 2.65. The molecular weight excluding hydrogens is 270 g/mol. The predicted octanol–water partition coefficient (Wildman–Crippen LogP) is 0.184. The third-order valence-corrected chi connectivity index (χ3v) is 3.75. The van der Waals surface area contributed by atoms with E-state index in [-0.39, 0.29) is 19.0 Å². The molecule has 1 saturated heterocycles. The van der Waals surface area contributed by atoms with Crippen LogP contribution >= 0.6 is 12.4 Å². The van der Waals surface area contributed by atoms with E-state index in [4.69, 9.17) is 5.11 Å². The molecule has 1 aliphatic heterocycles. The van der Waals surface area contributed by atoms with Crippen molar-refractivity contribution in [1.29, 1.82) is 0 Å². The monoisotopic (exact) mass is 297 g/mol. The second kappa shape index (κ2) is 9.91. The molecule has 0 bridgehead atoms. The molecule has 5 atom stereocenters. The van der Waals surface area contributed by atoms with E-state index in [9.17, 15) is 15.3 Å². The van der Waals surface area contributed by atoms with Crippen LogP contribution in [0.15, 0.2) is 0 Å². The topological polar surface area (TPSA) is 93.0 Å². The van der Waals surface area contributed by atoms with Crippen LogP contribution in [-0.2, 0) is 0 Å². The Balaban J connectivity index is 0.00000324. The van der Waals surface area contributed by atoms with Crippen molar-refractivity contribution in [3.8, 4) is 0 Å². The van der Waals surface area contributed by atoms with Crippen molar-refractivity contribution in [1.82, 2.24) is 5.32 Å². The first kappa shape index (κ1) is 19.1. The van der Waals surface area contributed by atoms with E-state index in [1.54, 1.807) is 0 Å². The van der Waals surface area contributed by atoms with E-state index in [0.29, 0.717) is 6.42 Å². The Kier molecular flexibility index (Phi) is 9.96. The van der Waals surface area contributed by atoms with Crippen molar-refractivity contribution in [2.45, 2.75) is 75.8 Å². The molecule has 116 valence electrons. The molecule has 19 heavy (non-hydrogen) atoms. The zero-order chi connectivity index (χ0) is 13.5. The molecular formula is C13H28ClNO4. The summed E-state index contributed by atoms with van der Waals surface area (Å²) in [6.45, 7) is 1.92. The van der Waals surface area contributed by atoms with Gasteiger partial charge in [-0.15, -0.1) is 12.4 Å². The molecule has 0 saturated carbocycles. The number of hydrogen-bond donors (Lipinski definition) is 5. The van der Waals surface area contributed by atoms with Crippen LogP contribution in [0.5, 0.6) is 0 Å². The van der Waals surface area contributed by atoms with Crippen molar-refractivity contribution in [3.63, 3.8) is 0 Å². The van der Waals surface area contributed by atoms with Crippen LogP contribution in [0.25, 0.3) is 0 Å². The summed E-state index contributed by atoms with van der Waals surface area (Å²) in [5, 5.41) is 41.3. The Bertz CT molecular complexity index is 233. The maximum atomic E-state index is 9.99. The fourth-order valence-corrected chi connectivity index (χ4v) is 2.53. The molecule has 0 aromatic rings. The lowest BCUT2D eigenvalue weighted by Crippen LogP contribution is -2.44. The summed E-state index contributed by atoms with van der Waals surface area (Å²) in [6.07, 6.45) is 3.51. The third-order valence-electron chi connectivity index (χ3n) is 3.75. The molecule has 5 nitrogen and oxygen atoms in total. The smallest absolute Gasteiger partial charge is 0.0993 e. The molecule has 0 aliphatic carbocycles. The lowest BCUT2D eigenvalue weighted by Gasteiger charge is -2.22. The van der Waals surface area contributed by atoms with Gasteiger partial charge in [0.2, 0.25) is 0 Å². The van der Waals surface area contributed by atoms with Gasteiger partial charge >= 0.3 is 0 Å². The Hall–Kier alpha value is 0.0900. The molecule has 1 fully saturated rings. The first-order valence-electron chi connectivity index (χ1n) is 7.03. The number of rotatable bonds is 8. The van der Waals surface area contributed by atoms with E-state index in [0.717, 1.165) is 12.8 Å². The molecule has 1 aliphatic rings. The van der Waals surface area contributed by atoms with Gasteiger partial charge in [-0.1, -0.05) is 39.0 Å². The fraction of sp³-hybridized carbons (Fsp3) is 1.00. The zero-order valence-corrected chi connectivity index (χ0v) is 12.4. The Morgan fingerprint density at radius 3 is 2.21 bits per heavy atom. The molecule has 0 unspecified atom stereocenters. The van der Waals surface area contributed by atoms with Crippen LogP contribution in [0.4, 0.5) is 0 Å². The molecule has 0 aromatic heterocycles. The molecule has 1 rings (SSSR count). The van der Waals surface area contributed by atoms with Crippen LogP contribution in [0.1, 0.15) is 45.4 Å². The minimum absolute atomic E-state index is 0. The highest BCUT2D eigenvalue weighted by Crippen LogP contribution is 2.20. The van der Waals surface area contributed by atoms with Crippen LogP contribution < -0.4 is 5.32 Å². The summed E-state index contributed by atoms with van der Waals surface area (Å²) < 4.78 is 0. The first-order chi connectivity index (χ1) is 8.61. The normalized spacial score (nSPS) is 32.1. The van der Waals surface area contributed by atoms with Crippen molar-refractivity contribution in [3.05, 3.63) is 0 Å². The summed E-state index contributed by atoms with van der Waals surface area (Å²) in [7, 11) is 0. The lowest BCUT2D eigenvalue weighted by molar-refractivity contribution is -0.00443. The third kappa shape index (κ3) is 5.53. The van der Waals surface area contributed by atoms with Crippen LogP contribution in [0.3, 0.4) is 0 Å². The minimum Gasteiger partial charge on any atom is -0.395 e. The maximum Gasteiger partial charge on any atom is 0.0993 e. The summed E-state index contributed by atoms with van der Waals surface area (Å²) in [4.78, 5) is 0. The summed E-state index contributed by atoms with van der Waals surface area (Å²) >= 11 is 0. The quantitative estimate of drug-likeness (QED) is 0.412. The van der Waals surface area contributed by atoms with Gasteiger partial charge in [-0.25, -0.2) is 0 Å². The van der Waals surface area contributed by atoms with Gasteiger partial charge < -0.3 is 25.7 Å². The van der Waals surface area contributed by atoms with Crippen molar-refractivity contribution < 1.29 is 20.4 Å². The van der Waals surface area contributed by atoms with E-state index in [1.807, 2.05) is 0 Å². The van der Waals surface area contributed by atoms with Gasteiger partial charge in [0.15, 0.2) is 0 Å². The average molecular weight is 298 g/mol. The van der Waals surface area contributed by atoms with Crippen molar-refractivity contribution in [2.24, 2.45) is 0 Å². The van der Waals surface area contributed by atoms with Gasteiger partial charge in [-0.3, -0.25) is 0 Å². The number of hydrogen-bond acceptors (Lipinski definition) is 5. The van der Waals surface area contributed by atoms with Gasteiger partial charge in [0.05, 0.1) is 37.0 Å². The van der Waals surface area contributed by atoms with E-state index in [1.165, 1.54) is 19.3 Å². The van der Waals surface area contributed by atoms with E-state index >= 15 is 0 Å². The van der Waals surface area contributed by atoms with Gasteiger partial charge in [0.25, 0.3) is 0 Å². The van der Waals surface area contributed by atoms with Gasteiger partial charge in [-0.2, -0.15) is 0 Å². The molecule has 6 heteroatoms. The van der Waals surface area contributed by atoms with E-state index in [2.05, 4.69) is 12.2 Å². The molecule has 0 spiro atoms. The second-order valence-corrected chi connectivity index (χ2v) is 5.23. The summed E-state index contributed by atoms with van der Waals surface area (Å²) in [6, 6.07) is -1.08. The Labute approximate surface area is 121 Å². The predicted molar refractivity (Wildman–Crippen MR) is 76.4 cm³/mol. The molecule has 0 radical (unpaired) electrons. The highest BCUT2D eigenvalue weighted by atomic mass is 35.5. The molecule has 1 heterocycles. The fourth-order valence-electron chi connectivity index (χ4n) is 2.53. The Morgan fingerprint density at radius 1 is 1.05 bits per heavy atom. The number of unbranched alkanes of at least 4 members (excludes halogenated alkanes) is 4. The largest absolute Gasteiger partial charge is 0.395 e. The molecule has 0 amide bonds. The molecule has 5 N–H and O–H groups in total. The van der Waals surface area contributed by atoms with Crippen LogP contribution in [0.2, 0.25) is 0 Å². The number of halogens is 1. The van der Waals surface area contributed by atoms with Gasteiger partial charge in [0, 0.05) is 0 Å². The highest BCUT2D eigenvalue weighted by Gasteiger charge is 2.43. The SMILES string of the molecule is CCCCCCC[C@@H](O)[C@@H]1N[C@@H](CO)[C@H](O)[C@H]1O.Cl. The highest BCUT2D eigenvalue weighted by molar-refractivity contribution is 5.85. The lowest BCUT2D eigenvalue weighted by atomic mass is 9.99. The zero-order valence-electron chi connectivity index (χ0n) is 11.5. The second-order valence-electron chi connectivity index (χ2n) is 5.23. The van der Waals surface area contributed by atoms with Crippen LogP contribution in [0, 0.1) is 0 Å². The number of nitrogens with one attached hydrogen (secondary N) is 1. The Morgan fingerprint density at radius 2 is 1.68 bits per heavy atom. The van der Waals surface area contributed by atoms with Crippen molar-refractivity contribution in [2.75, 3.05) is 6.61 Å². The van der Waals surface area contributed by atoms with E-state index < -0.39 is 30.4 Å². The standard InChI is InChI=1S/C13H27NO4.ClH/c1-2-3-4-5-6-7-10(16)11-13(18)12(17)9(8-15)14-11;/h9-18H,2-8H2,1H3;1H/t9-,10+,11-,12-,13-;/m0./s1. The number of aliphatic hydroxyl groups is 4. The van der Waals surface area contributed by atoms with Crippen molar-refractivity contribution >= 4 is 12.4 Å². The summed E-state index contributed by atoms with van der Waals surface area (Å²) in [5.41, 5.74) is 0. The summed E-state index contributed by atoms with van der Waals surface area (Å²) in [5.74, 6) is 0. The van der Waals surface area contributed by atoms with Gasteiger partial charge in [0.1, 0.15) is 0 Å². The molecule has 0 aromatic carbocycles. The number of aliphatic hydroxyl groups excluding tert-OH is 4. The minimum atomic E-state index is -1.01. The maximum absolute atomic E-state index is 9.99.